The molecule has 1 N–H and O–H groups in total. The van der Waals surface area contributed by atoms with Gasteiger partial charge in [-0.25, -0.2) is 4.79 Å². The Balaban J connectivity index is 2.22. The molecule has 5 nitrogen and oxygen atoms in total. The molecule has 3 aromatic rings. The van der Waals surface area contributed by atoms with Crippen LogP contribution < -0.4 is 9.64 Å². The van der Waals surface area contributed by atoms with E-state index in [-0.39, 0.29) is 22.7 Å². The van der Waals surface area contributed by atoms with Gasteiger partial charge < -0.3 is 14.7 Å². The van der Waals surface area contributed by atoms with Gasteiger partial charge in [-0.05, 0) is 77.6 Å². The Kier molecular flexibility index (Phi) is 9.20. The van der Waals surface area contributed by atoms with Crippen LogP contribution in [-0.2, 0) is 18.9 Å². The quantitative estimate of drug-likeness (QED) is 0.270. The molecule has 0 fully saturated rings. The number of ether oxygens (including phenoxy) is 1. The van der Waals surface area contributed by atoms with Gasteiger partial charge in [-0.2, -0.15) is 26.3 Å². The highest BCUT2D eigenvalue weighted by Crippen LogP contribution is 2.42. The van der Waals surface area contributed by atoms with Gasteiger partial charge >= 0.3 is 18.4 Å². The average Bonchev–Trinajstić information content (AvgIpc) is 2.89. The number of hydrogen-bond acceptors (Lipinski definition) is 3. The lowest BCUT2D eigenvalue weighted by Gasteiger charge is -2.30. The Bertz CT molecular complexity index is 1400. The number of nitrogens with zero attached hydrogens (tertiary/aromatic N) is 2. The van der Waals surface area contributed by atoms with Crippen molar-refractivity contribution >= 4 is 11.8 Å². The third-order valence-electron chi connectivity index (χ3n) is 6.90. The minimum Gasteiger partial charge on any atom is -0.496 e. The van der Waals surface area contributed by atoms with Crippen molar-refractivity contribution in [3.05, 3.63) is 82.4 Å². The zero-order valence-corrected chi connectivity index (χ0v) is 23.5. The average molecular weight is 583 g/mol. The second-order valence-electron chi connectivity index (χ2n) is 10.3. The van der Waals surface area contributed by atoms with E-state index >= 15 is 0 Å². The molecule has 3 aromatic carbocycles. The predicted octanol–water partition coefficient (Wildman–Crippen LogP) is 8.83. The van der Waals surface area contributed by atoms with Gasteiger partial charge in [-0.15, -0.1) is 0 Å². The zero-order chi connectivity index (χ0) is 30.9. The molecule has 0 spiro atoms. The maximum Gasteiger partial charge on any atom is 0.416 e. The van der Waals surface area contributed by atoms with E-state index < -0.39 is 42.2 Å². The molecule has 1 amide bonds. The molecule has 0 aromatic heterocycles. The van der Waals surface area contributed by atoms with Crippen LogP contribution in [0.2, 0.25) is 0 Å². The molecular weight excluding hydrogens is 550 g/mol. The van der Waals surface area contributed by atoms with Crippen molar-refractivity contribution in [1.29, 1.82) is 0 Å². The standard InChI is InChI=1S/C30H32F6N2O3/c1-17(2)20-7-10-27(41-6)26(13-20)24-9-8-21(29(31,32)33)15-25(24)18(3)38(28(39)40)16-19-11-22(30(34,35)36)14-23(12-19)37(4)5/h7-15,17-18H,16H2,1-6H3,(H,39,40). The number of amides is 1. The van der Waals surface area contributed by atoms with Crippen molar-refractivity contribution in [2.24, 2.45) is 0 Å². The molecule has 0 aliphatic rings. The smallest absolute Gasteiger partial charge is 0.416 e. The van der Waals surface area contributed by atoms with Crippen molar-refractivity contribution in [3.8, 4) is 16.9 Å². The molecule has 1 atom stereocenters. The lowest BCUT2D eigenvalue weighted by atomic mass is 9.89. The Morgan fingerprint density at radius 1 is 0.854 bits per heavy atom. The van der Waals surface area contributed by atoms with Crippen LogP contribution in [0.3, 0.4) is 0 Å². The summed E-state index contributed by atoms with van der Waals surface area (Å²) in [4.78, 5) is 14.7. The summed E-state index contributed by atoms with van der Waals surface area (Å²) in [7, 11) is 4.51. The molecule has 3 rings (SSSR count). The van der Waals surface area contributed by atoms with Crippen LogP contribution in [0.25, 0.3) is 11.1 Å². The van der Waals surface area contributed by atoms with Gasteiger partial charge in [0.15, 0.2) is 0 Å². The number of halogens is 6. The van der Waals surface area contributed by atoms with Gasteiger partial charge in [0.25, 0.3) is 0 Å². The van der Waals surface area contributed by atoms with Gasteiger partial charge in [-0.3, -0.25) is 4.90 Å². The largest absolute Gasteiger partial charge is 0.496 e. The van der Waals surface area contributed by atoms with Crippen LogP contribution in [0.4, 0.5) is 36.8 Å². The summed E-state index contributed by atoms with van der Waals surface area (Å²) in [5.41, 5.74) is -0.0277. The van der Waals surface area contributed by atoms with E-state index in [4.69, 9.17) is 4.74 Å². The fourth-order valence-corrected chi connectivity index (χ4v) is 4.55. The van der Waals surface area contributed by atoms with E-state index in [1.807, 2.05) is 19.9 Å². The zero-order valence-electron chi connectivity index (χ0n) is 23.5. The summed E-state index contributed by atoms with van der Waals surface area (Å²) in [5.74, 6) is 0.454. The maximum atomic E-state index is 13.8. The van der Waals surface area contributed by atoms with E-state index in [0.29, 0.717) is 16.9 Å². The lowest BCUT2D eigenvalue weighted by Crippen LogP contribution is -2.32. The van der Waals surface area contributed by atoms with E-state index in [0.717, 1.165) is 34.7 Å². The Morgan fingerprint density at radius 3 is 2.00 bits per heavy atom. The number of alkyl halides is 6. The van der Waals surface area contributed by atoms with Crippen molar-refractivity contribution in [1.82, 2.24) is 4.90 Å². The predicted molar refractivity (Wildman–Crippen MR) is 145 cm³/mol. The summed E-state index contributed by atoms with van der Waals surface area (Å²) in [6, 6.07) is 10.4. The molecule has 0 saturated carbocycles. The Hall–Kier alpha value is -3.89. The Labute approximate surface area is 235 Å². The maximum absolute atomic E-state index is 13.8. The van der Waals surface area contributed by atoms with Gasteiger partial charge in [0.2, 0.25) is 0 Å². The fraction of sp³-hybridized carbons (Fsp3) is 0.367. The topological polar surface area (TPSA) is 53.0 Å². The summed E-state index contributed by atoms with van der Waals surface area (Å²) in [6.07, 6.45) is -10.9. The number of benzene rings is 3. The number of methoxy groups -OCH3 is 1. The first kappa shape index (κ1) is 31.6. The van der Waals surface area contributed by atoms with Crippen molar-refractivity contribution < 1.29 is 41.0 Å². The number of carboxylic acid groups (broad SMARTS) is 1. The normalized spacial score (nSPS) is 12.8. The third kappa shape index (κ3) is 7.25. The molecule has 222 valence electrons. The monoisotopic (exact) mass is 582 g/mol. The Morgan fingerprint density at radius 2 is 1.49 bits per heavy atom. The summed E-state index contributed by atoms with van der Waals surface area (Å²) < 4.78 is 87.7. The van der Waals surface area contributed by atoms with Crippen molar-refractivity contribution in [3.63, 3.8) is 0 Å². The minimum atomic E-state index is -4.72. The molecule has 0 heterocycles. The van der Waals surface area contributed by atoms with Crippen LogP contribution in [0, 0.1) is 0 Å². The lowest BCUT2D eigenvalue weighted by molar-refractivity contribution is -0.138. The van der Waals surface area contributed by atoms with Crippen LogP contribution in [0.1, 0.15) is 60.5 Å². The third-order valence-corrected chi connectivity index (χ3v) is 6.90. The van der Waals surface area contributed by atoms with Gasteiger partial charge in [0.05, 0.1) is 24.3 Å². The van der Waals surface area contributed by atoms with Crippen LogP contribution in [0.15, 0.2) is 54.6 Å². The number of hydrogen-bond donors (Lipinski definition) is 1. The number of anilines is 1. The van der Waals surface area contributed by atoms with Crippen molar-refractivity contribution in [2.45, 2.75) is 51.6 Å². The molecule has 0 aliphatic heterocycles. The van der Waals surface area contributed by atoms with Gasteiger partial charge in [0, 0.05) is 31.9 Å². The molecule has 0 radical (unpaired) electrons. The van der Waals surface area contributed by atoms with E-state index in [1.54, 1.807) is 26.2 Å². The molecule has 11 heteroatoms. The highest BCUT2D eigenvalue weighted by atomic mass is 19.4. The van der Waals surface area contributed by atoms with Crippen LogP contribution in [0.5, 0.6) is 5.75 Å². The first-order valence-corrected chi connectivity index (χ1v) is 12.7. The van der Waals surface area contributed by atoms with E-state index in [1.165, 1.54) is 31.1 Å². The second kappa shape index (κ2) is 11.9. The SMILES string of the molecule is COc1ccc(C(C)C)cc1-c1ccc(C(F)(F)F)cc1C(C)N(Cc1cc(N(C)C)cc(C(F)(F)F)c1)C(=O)O. The summed E-state index contributed by atoms with van der Waals surface area (Å²) >= 11 is 0. The minimum absolute atomic E-state index is 0.0289. The highest BCUT2D eigenvalue weighted by Gasteiger charge is 2.35. The number of carbonyl (C=O) groups is 1. The van der Waals surface area contributed by atoms with Crippen LogP contribution in [-0.4, -0.2) is 37.3 Å². The van der Waals surface area contributed by atoms with E-state index in [9.17, 15) is 36.2 Å². The van der Waals surface area contributed by atoms with Crippen molar-refractivity contribution in [2.75, 3.05) is 26.1 Å². The summed E-state index contributed by atoms with van der Waals surface area (Å²) in [5, 5.41) is 10.1. The fourth-order valence-electron chi connectivity index (χ4n) is 4.55. The molecule has 0 aliphatic carbocycles. The number of rotatable bonds is 8. The first-order chi connectivity index (χ1) is 18.9. The molecule has 0 saturated heterocycles. The first-order valence-electron chi connectivity index (χ1n) is 12.7. The molecule has 1 unspecified atom stereocenters. The van der Waals surface area contributed by atoms with Crippen LogP contribution >= 0.6 is 0 Å². The molecular formula is C30H32F6N2O3. The van der Waals surface area contributed by atoms with E-state index in [2.05, 4.69) is 0 Å². The molecule has 0 bridgehead atoms. The van der Waals surface area contributed by atoms with Gasteiger partial charge in [0.1, 0.15) is 5.75 Å². The summed E-state index contributed by atoms with van der Waals surface area (Å²) in [6.45, 7) is 4.81. The van der Waals surface area contributed by atoms with Gasteiger partial charge in [-0.1, -0.05) is 26.0 Å². The molecule has 41 heavy (non-hydrogen) atoms. The second-order valence-corrected chi connectivity index (χ2v) is 10.3. The highest BCUT2D eigenvalue weighted by molar-refractivity contribution is 5.76.